The molecule has 3 N–H and O–H groups in total. The van der Waals surface area contributed by atoms with Gasteiger partial charge in [-0.05, 0) is 56.7 Å². The molecule has 4 heterocycles. The van der Waals surface area contributed by atoms with Gasteiger partial charge in [-0.25, -0.2) is 9.97 Å². The van der Waals surface area contributed by atoms with Crippen LogP contribution in [0.15, 0.2) is 24.0 Å². The van der Waals surface area contributed by atoms with Gasteiger partial charge < -0.3 is 20.5 Å². The topological polar surface area (TPSA) is 106 Å². The number of piperazine rings is 1. The number of aromatic nitrogens is 3. The Hall–Kier alpha value is -2.82. The first kappa shape index (κ1) is 23.9. The molecule has 10 heteroatoms. The standard InChI is InChI=1S/C25H33N7O2S/c1-16-7-12-35-23(16)22(34)19-13-26-24-21(19)25(28-15-27-24)30-18-5-3-17(4-6-18)29-20(33)14-32-10-8-31(2)9-11-32/h7,12-13,15,17-18H,3-6,8-11,14H2,1-2H3,(H,29,33)(H2,26,27,28,30)/t17-,18+. The van der Waals surface area contributed by atoms with E-state index in [1.807, 2.05) is 18.4 Å². The molecule has 1 saturated heterocycles. The highest BCUT2D eigenvalue weighted by Gasteiger charge is 2.26. The lowest BCUT2D eigenvalue weighted by atomic mass is 9.91. The van der Waals surface area contributed by atoms with Gasteiger partial charge >= 0.3 is 0 Å². The second kappa shape index (κ2) is 10.4. The lowest BCUT2D eigenvalue weighted by Crippen LogP contribution is -2.50. The summed E-state index contributed by atoms with van der Waals surface area (Å²) < 4.78 is 0. The summed E-state index contributed by atoms with van der Waals surface area (Å²) in [5, 5.41) is 9.48. The summed E-state index contributed by atoms with van der Waals surface area (Å²) in [4.78, 5) is 43.0. The number of likely N-dealkylation sites (N-methyl/N-ethyl adjacent to an activating group) is 1. The number of hydrogen-bond donors (Lipinski definition) is 3. The molecule has 0 radical (unpaired) electrons. The first-order valence-corrected chi connectivity index (χ1v) is 13.2. The fourth-order valence-corrected chi connectivity index (χ4v) is 5.92. The first-order valence-electron chi connectivity index (χ1n) is 12.4. The Morgan fingerprint density at radius 1 is 1.11 bits per heavy atom. The van der Waals surface area contributed by atoms with Crippen LogP contribution in [-0.4, -0.2) is 88.3 Å². The quantitative estimate of drug-likeness (QED) is 0.433. The summed E-state index contributed by atoms with van der Waals surface area (Å²) in [6.45, 7) is 6.37. The molecule has 3 aromatic heterocycles. The number of H-pyrrole nitrogens is 1. The number of rotatable bonds is 7. The second-order valence-electron chi connectivity index (χ2n) is 9.75. The van der Waals surface area contributed by atoms with E-state index in [4.69, 9.17) is 0 Å². The maximum atomic E-state index is 13.2. The molecule has 1 aliphatic heterocycles. The zero-order valence-electron chi connectivity index (χ0n) is 20.3. The van der Waals surface area contributed by atoms with Crippen molar-refractivity contribution in [2.24, 2.45) is 0 Å². The predicted octanol–water partition coefficient (Wildman–Crippen LogP) is 2.65. The van der Waals surface area contributed by atoms with Crippen LogP contribution >= 0.6 is 11.3 Å². The van der Waals surface area contributed by atoms with E-state index in [-0.39, 0.29) is 23.8 Å². The average Bonchev–Trinajstić information content (AvgIpc) is 3.48. The maximum absolute atomic E-state index is 13.2. The Labute approximate surface area is 209 Å². The maximum Gasteiger partial charge on any atom is 0.234 e. The van der Waals surface area contributed by atoms with Gasteiger partial charge in [0.05, 0.1) is 22.4 Å². The lowest BCUT2D eigenvalue weighted by molar-refractivity contribution is -0.123. The normalized spacial score (nSPS) is 21.8. The number of ketones is 1. The van der Waals surface area contributed by atoms with Crippen molar-refractivity contribution < 1.29 is 9.59 Å². The van der Waals surface area contributed by atoms with E-state index in [1.165, 1.54) is 17.7 Å². The minimum Gasteiger partial charge on any atom is -0.367 e. The molecule has 3 aromatic rings. The number of fused-ring (bicyclic) bond motifs is 1. The van der Waals surface area contributed by atoms with Crippen molar-refractivity contribution in [1.29, 1.82) is 0 Å². The number of carbonyl (C=O) groups is 2. The van der Waals surface area contributed by atoms with Crippen LogP contribution in [-0.2, 0) is 4.79 Å². The van der Waals surface area contributed by atoms with Crippen LogP contribution in [0.1, 0.15) is 46.5 Å². The predicted molar refractivity (Wildman–Crippen MR) is 138 cm³/mol. The summed E-state index contributed by atoms with van der Waals surface area (Å²) in [7, 11) is 2.12. The van der Waals surface area contributed by atoms with Crippen molar-refractivity contribution in [3.05, 3.63) is 40.0 Å². The summed E-state index contributed by atoms with van der Waals surface area (Å²) in [5.74, 6) is 0.813. The van der Waals surface area contributed by atoms with Crippen molar-refractivity contribution in [2.45, 2.75) is 44.7 Å². The molecule has 35 heavy (non-hydrogen) atoms. The number of thiophene rings is 1. The zero-order chi connectivity index (χ0) is 24.4. The molecule has 186 valence electrons. The third-order valence-electron chi connectivity index (χ3n) is 7.18. The smallest absolute Gasteiger partial charge is 0.234 e. The van der Waals surface area contributed by atoms with E-state index in [2.05, 4.69) is 42.4 Å². The van der Waals surface area contributed by atoms with Gasteiger partial charge in [-0.1, -0.05) is 0 Å². The third kappa shape index (κ3) is 5.39. The highest BCUT2D eigenvalue weighted by Crippen LogP contribution is 2.30. The highest BCUT2D eigenvalue weighted by molar-refractivity contribution is 7.12. The molecular formula is C25H33N7O2S. The Kier molecular flexibility index (Phi) is 7.12. The fourth-order valence-electron chi connectivity index (χ4n) is 5.04. The molecule has 2 aliphatic rings. The molecule has 0 atom stereocenters. The van der Waals surface area contributed by atoms with Gasteiger partial charge in [-0.2, -0.15) is 0 Å². The number of carbonyl (C=O) groups excluding carboxylic acids is 2. The van der Waals surface area contributed by atoms with E-state index in [1.54, 1.807) is 6.20 Å². The Balaban J connectivity index is 1.19. The molecule has 2 fully saturated rings. The molecule has 1 amide bonds. The van der Waals surface area contributed by atoms with Crippen molar-refractivity contribution in [1.82, 2.24) is 30.1 Å². The van der Waals surface area contributed by atoms with E-state index in [9.17, 15) is 9.59 Å². The van der Waals surface area contributed by atoms with E-state index < -0.39 is 0 Å². The van der Waals surface area contributed by atoms with Crippen LogP contribution < -0.4 is 10.6 Å². The Morgan fingerprint density at radius 3 is 2.57 bits per heavy atom. The van der Waals surface area contributed by atoms with Gasteiger partial charge in [-0.3, -0.25) is 14.5 Å². The third-order valence-corrected chi connectivity index (χ3v) is 8.19. The molecule has 0 aromatic carbocycles. The van der Waals surface area contributed by atoms with Crippen LogP contribution in [0.2, 0.25) is 0 Å². The van der Waals surface area contributed by atoms with Crippen molar-refractivity contribution in [3.8, 4) is 0 Å². The molecule has 0 unspecified atom stereocenters. The summed E-state index contributed by atoms with van der Waals surface area (Å²) in [6, 6.07) is 2.41. The zero-order valence-corrected chi connectivity index (χ0v) is 21.2. The van der Waals surface area contributed by atoms with Crippen LogP contribution in [0, 0.1) is 6.92 Å². The SMILES string of the molecule is Cc1ccsc1C(=O)c1c[nH]c2ncnc(N[C@H]3CC[C@@H](NC(=O)CN4CCN(C)CC4)CC3)c12. The van der Waals surface area contributed by atoms with Crippen LogP contribution in [0.3, 0.4) is 0 Å². The van der Waals surface area contributed by atoms with Crippen molar-refractivity contribution in [2.75, 3.05) is 45.1 Å². The van der Waals surface area contributed by atoms with Gasteiger partial charge in [0, 0.05) is 44.5 Å². The molecule has 9 nitrogen and oxygen atoms in total. The summed E-state index contributed by atoms with van der Waals surface area (Å²) >= 11 is 1.46. The van der Waals surface area contributed by atoms with Crippen LogP contribution in [0.25, 0.3) is 11.0 Å². The van der Waals surface area contributed by atoms with Gasteiger partial charge in [0.2, 0.25) is 11.7 Å². The van der Waals surface area contributed by atoms with E-state index in [0.29, 0.717) is 23.6 Å². The Morgan fingerprint density at radius 2 is 1.86 bits per heavy atom. The first-order chi connectivity index (χ1) is 17.0. The number of aryl methyl sites for hydroxylation is 1. The van der Waals surface area contributed by atoms with Crippen molar-refractivity contribution in [3.63, 3.8) is 0 Å². The number of nitrogens with zero attached hydrogens (tertiary/aromatic N) is 4. The number of aromatic amines is 1. The number of hydrogen-bond acceptors (Lipinski definition) is 8. The number of amides is 1. The molecule has 0 spiro atoms. The molecule has 0 bridgehead atoms. The van der Waals surface area contributed by atoms with Gasteiger partial charge in [0.15, 0.2) is 0 Å². The number of nitrogens with one attached hydrogen (secondary N) is 3. The molecule has 1 saturated carbocycles. The lowest BCUT2D eigenvalue weighted by Gasteiger charge is -2.33. The number of anilines is 1. The van der Waals surface area contributed by atoms with E-state index >= 15 is 0 Å². The van der Waals surface area contributed by atoms with E-state index in [0.717, 1.165) is 67.7 Å². The summed E-state index contributed by atoms with van der Waals surface area (Å²) in [6.07, 6.45) is 6.97. The molecule has 5 rings (SSSR count). The van der Waals surface area contributed by atoms with Gasteiger partial charge in [0.1, 0.15) is 17.8 Å². The Bertz CT molecular complexity index is 1190. The van der Waals surface area contributed by atoms with Crippen molar-refractivity contribution >= 4 is 39.9 Å². The fraction of sp³-hybridized carbons (Fsp3) is 0.520. The monoisotopic (exact) mass is 495 g/mol. The van der Waals surface area contributed by atoms with Crippen LogP contribution in [0.4, 0.5) is 5.82 Å². The van der Waals surface area contributed by atoms with Crippen LogP contribution in [0.5, 0.6) is 0 Å². The molecule has 1 aliphatic carbocycles. The minimum absolute atomic E-state index is 0.00614. The second-order valence-corrected chi connectivity index (χ2v) is 10.7. The van der Waals surface area contributed by atoms with Gasteiger partial charge in [0.25, 0.3) is 0 Å². The van der Waals surface area contributed by atoms with Gasteiger partial charge in [-0.15, -0.1) is 11.3 Å². The highest BCUT2D eigenvalue weighted by atomic mass is 32.1. The summed E-state index contributed by atoms with van der Waals surface area (Å²) in [5.41, 5.74) is 2.23. The minimum atomic E-state index is -0.00614. The largest absolute Gasteiger partial charge is 0.367 e. The molecular weight excluding hydrogens is 462 g/mol. The average molecular weight is 496 g/mol.